The number of nitrogens with one attached hydrogen (secondary N) is 1. The van der Waals surface area contributed by atoms with Gasteiger partial charge in [-0.25, -0.2) is 9.78 Å². The molecule has 6 heteroatoms. The van der Waals surface area contributed by atoms with Gasteiger partial charge in [0.2, 0.25) is 5.96 Å². The third-order valence-electron chi connectivity index (χ3n) is 2.42. The minimum atomic E-state index is -0.510. The molecule has 0 unspecified atom stereocenters. The Morgan fingerprint density at radius 2 is 2.11 bits per heavy atom. The smallest absolute Gasteiger partial charge is 0.413 e. The number of hydrogen-bond donors (Lipinski definition) is 1. The lowest BCUT2D eigenvalue weighted by molar-refractivity contribution is 0.156. The second kappa shape index (κ2) is 8.07. The highest BCUT2D eigenvalue weighted by atomic mass is 16.5. The SMILES string of the molecule is CCOC(=O)N/C(=N\c1ccccn1)N(CC)CC. The number of aromatic nitrogens is 1. The van der Waals surface area contributed by atoms with Gasteiger partial charge in [0, 0.05) is 19.3 Å². The lowest BCUT2D eigenvalue weighted by Gasteiger charge is -2.22. The van der Waals surface area contributed by atoms with Gasteiger partial charge in [-0.15, -0.1) is 0 Å². The van der Waals surface area contributed by atoms with Crippen LogP contribution in [0.15, 0.2) is 29.4 Å². The van der Waals surface area contributed by atoms with E-state index in [0.29, 0.717) is 18.4 Å². The zero-order chi connectivity index (χ0) is 14.1. The number of carbonyl (C=O) groups excluding carboxylic acids is 1. The lowest BCUT2D eigenvalue weighted by atomic mass is 10.5. The number of nitrogens with zero attached hydrogens (tertiary/aromatic N) is 3. The van der Waals surface area contributed by atoms with Gasteiger partial charge in [0.25, 0.3) is 0 Å². The minimum Gasteiger partial charge on any atom is -0.450 e. The van der Waals surface area contributed by atoms with Crippen LogP contribution in [0.2, 0.25) is 0 Å². The molecule has 0 bridgehead atoms. The van der Waals surface area contributed by atoms with Crippen LogP contribution in [-0.2, 0) is 4.74 Å². The predicted octanol–water partition coefficient (Wildman–Crippen LogP) is 2.16. The van der Waals surface area contributed by atoms with Gasteiger partial charge in [0.05, 0.1) is 6.61 Å². The number of amides is 1. The monoisotopic (exact) mass is 264 g/mol. The predicted molar refractivity (Wildman–Crippen MR) is 74.4 cm³/mol. The second-order valence-corrected chi connectivity index (χ2v) is 3.64. The van der Waals surface area contributed by atoms with E-state index in [-0.39, 0.29) is 0 Å². The van der Waals surface area contributed by atoms with Crippen LogP contribution in [0.25, 0.3) is 0 Å². The van der Waals surface area contributed by atoms with Crippen molar-refractivity contribution in [1.29, 1.82) is 0 Å². The molecule has 0 aromatic carbocycles. The highest BCUT2D eigenvalue weighted by Crippen LogP contribution is 2.06. The maximum atomic E-state index is 11.5. The molecule has 0 spiro atoms. The van der Waals surface area contributed by atoms with Crippen molar-refractivity contribution >= 4 is 17.9 Å². The van der Waals surface area contributed by atoms with Crippen molar-refractivity contribution in [1.82, 2.24) is 15.2 Å². The van der Waals surface area contributed by atoms with E-state index in [4.69, 9.17) is 4.74 Å². The first-order chi connectivity index (χ1) is 9.21. The minimum absolute atomic E-state index is 0.320. The fraction of sp³-hybridized carbons (Fsp3) is 0.462. The number of hydrogen-bond acceptors (Lipinski definition) is 4. The topological polar surface area (TPSA) is 66.8 Å². The summed E-state index contributed by atoms with van der Waals surface area (Å²) in [5.74, 6) is 0.989. The van der Waals surface area contributed by atoms with Gasteiger partial charge in [0.15, 0.2) is 5.82 Å². The number of aliphatic imine (C=N–C) groups is 1. The molecule has 0 saturated heterocycles. The average molecular weight is 264 g/mol. The third kappa shape index (κ3) is 4.95. The Balaban J connectivity index is 2.91. The van der Waals surface area contributed by atoms with Crippen LogP contribution < -0.4 is 5.32 Å². The highest BCUT2D eigenvalue weighted by Gasteiger charge is 2.12. The van der Waals surface area contributed by atoms with Gasteiger partial charge in [-0.05, 0) is 32.9 Å². The van der Waals surface area contributed by atoms with Gasteiger partial charge in [0.1, 0.15) is 0 Å². The quantitative estimate of drug-likeness (QED) is 0.668. The molecule has 0 aliphatic heterocycles. The van der Waals surface area contributed by atoms with Crippen LogP contribution in [-0.4, -0.2) is 41.6 Å². The summed E-state index contributed by atoms with van der Waals surface area (Å²) in [7, 11) is 0. The first-order valence-corrected chi connectivity index (χ1v) is 6.39. The van der Waals surface area contributed by atoms with Crippen molar-refractivity contribution in [3.05, 3.63) is 24.4 Å². The molecule has 0 aliphatic carbocycles. The van der Waals surface area contributed by atoms with Gasteiger partial charge in [-0.3, -0.25) is 5.32 Å². The molecule has 0 aliphatic rings. The molecule has 0 atom stereocenters. The van der Waals surface area contributed by atoms with Crippen molar-refractivity contribution in [3.8, 4) is 0 Å². The third-order valence-corrected chi connectivity index (χ3v) is 2.42. The van der Waals surface area contributed by atoms with Crippen LogP contribution in [0.4, 0.5) is 10.6 Å². The van der Waals surface area contributed by atoms with E-state index in [0.717, 1.165) is 13.1 Å². The Labute approximate surface area is 113 Å². The molecule has 0 fully saturated rings. The van der Waals surface area contributed by atoms with Gasteiger partial charge in [-0.1, -0.05) is 6.07 Å². The molecular formula is C13H20N4O2. The molecule has 1 amide bonds. The van der Waals surface area contributed by atoms with Crippen molar-refractivity contribution < 1.29 is 9.53 Å². The fourth-order valence-electron chi connectivity index (χ4n) is 1.49. The summed E-state index contributed by atoms with van der Waals surface area (Å²) in [5, 5.41) is 2.64. The Kier molecular flexibility index (Phi) is 6.35. The fourth-order valence-corrected chi connectivity index (χ4v) is 1.49. The van der Waals surface area contributed by atoms with E-state index < -0.39 is 6.09 Å². The van der Waals surface area contributed by atoms with Crippen LogP contribution in [0.3, 0.4) is 0 Å². The maximum Gasteiger partial charge on any atom is 0.413 e. The van der Waals surface area contributed by atoms with Crippen LogP contribution >= 0.6 is 0 Å². The Morgan fingerprint density at radius 3 is 2.63 bits per heavy atom. The largest absolute Gasteiger partial charge is 0.450 e. The molecular weight excluding hydrogens is 244 g/mol. The Morgan fingerprint density at radius 1 is 1.37 bits per heavy atom. The van der Waals surface area contributed by atoms with E-state index in [9.17, 15) is 4.79 Å². The van der Waals surface area contributed by atoms with E-state index in [2.05, 4.69) is 15.3 Å². The van der Waals surface area contributed by atoms with E-state index >= 15 is 0 Å². The van der Waals surface area contributed by atoms with Crippen molar-refractivity contribution in [2.75, 3.05) is 19.7 Å². The molecule has 1 aromatic heterocycles. The highest BCUT2D eigenvalue weighted by molar-refractivity contribution is 5.95. The van der Waals surface area contributed by atoms with Gasteiger partial charge >= 0.3 is 6.09 Å². The van der Waals surface area contributed by atoms with E-state index in [1.165, 1.54) is 0 Å². The molecule has 1 N–H and O–H groups in total. The van der Waals surface area contributed by atoms with Gasteiger partial charge < -0.3 is 9.64 Å². The molecule has 1 aromatic rings. The molecule has 1 rings (SSSR count). The van der Waals surface area contributed by atoms with Crippen LogP contribution in [0.5, 0.6) is 0 Å². The van der Waals surface area contributed by atoms with E-state index in [1.54, 1.807) is 19.2 Å². The first kappa shape index (κ1) is 14.9. The summed E-state index contributed by atoms with van der Waals surface area (Å²) in [6.07, 6.45) is 1.15. The van der Waals surface area contributed by atoms with Crippen molar-refractivity contribution in [2.24, 2.45) is 4.99 Å². The number of ether oxygens (including phenoxy) is 1. The van der Waals surface area contributed by atoms with Crippen molar-refractivity contribution in [2.45, 2.75) is 20.8 Å². The first-order valence-electron chi connectivity index (χ1n) is 6.39. The number of pyridine rings is 1. The molecule has 0 saturated carbocycles. The molecule has 6 nitrogen and oxygen atoms in total. The molecule has 104 valence electrons. The number of rotatable bonds is 4. The molecule has 0 radical (unpaired) electrons. The summed E-state index contributed by atoms with van der Waals surface area (Å²) in [4.78, 5) is 21.9. The maximum absolute atomic E-state index is 11.5. The summed E-state index contributed by atoms with van der Waals surface area (Å²) < 4.78 is 4.87. The zero-order valence-corrected chi connectivity index (χ0v) is 11.6. The van der Waals surface area contributed by atoms with Crippen molar-refractivity contribution in [3.63, 3.8) is 0 Å². The Hall–Kier alpha value is -2.11. The van der Waals surface area contributed by atoms with Crippen LogP contribution in [0.1, 0.15) is 20.8 Å². The average Bonchev–Trinajstić information content (AvgIpc) is 2.41. The van der Waals surface area contributed by atoms with E-state index in [1.807, 2.05) is 30.9 Å². The van der Waals surface area contributed by atoms with Gasteiger partial charge in [-0.2, -0.15) is 4.99 Å². The van der Waals surface area contributed by atoms with Crippen LogP contribution in [0, 0.1) is 0 Å². The zero-order valence-electron chi connectivity index (χ0n) is 11.6. The number of carbonyl (C=O) groups is 1. The molecule has 19 heavy (non-hydrogen) atoms. The summed E-state index contributed by atoms with van der Waals surface area (Å²) in [6.45, 7) is 7.52. The summed E-state index contributed by atoms with van der Waals surface area (Å²) in [5.41, 5.74) is 0. The standard InChI is InChI=1S/C13H20N4O2/c1-4-17(5-2)12(16-13(18)19-6-3)15-11-9-7-8-10-14-11/h7-10H,4-6H2,1-3H3,(H,14,15,16,18). The lowest BCUT2D eigenvalue weighted by Crippen LogP contribution is -2.44. The Bertz CT molecular complexity index is 416. The second-order valence-electron chi connectivity index (χ2n) is 3.64. The summed E-state index contributed by atoms with van der Waals surface area (Å²) in [6, 6.07) is 5.43. The number of alkyl carbamates (subject to hydrolysis) is 1. The number of guanidine groups is 1. The summed E-state index contributed by atoms with van der Waals surface area (Å²) >= 11 is 0. The molecule has 1 heterocycles. The normalized spacial score (nSPS) is 11.0.